The van der Waals surface area contributed by atoms with Crippen molar-refractivity contribution in [3.63, 3.8) is 0 Å². The molecule has 0 aliphatic heterocycles. The first-order chi connectivity index (χ1) is 14.3. The maximum absolute atomic E-state index is 14.2. The molecule has 0 N–H and O–H groups in total. The number of benzene rings is 1. The second-order valence-electron chi connectivity index (χ2n) is 8.49. The fourth-order valence-corrected chi connectivity index (χ4v) is 5.46. The first-order valence-corrected chi connectivity index (χ1v) is 13.8. The third kappa shape index (κ3) is 15.0. The molecule has 0 nitrogen and oxygen atoms in total. The first kappa shape index (κ1) is 27.1. The second-order valence-corrected chi connectivity index (χ2v) is 11.0. The predicted octanol–water partition coefficient (Wildman–Crippen LogP) is 9.08. The lowest BCUT2D eigenvalue weighted by atomic mass is 10.0. The van der Waals surface area contributed by atoms with Crippen LogP contribution in [0.4, 0.5) is 21.4 Å². The van der Waals surface area contributed by atoms with Crippen molar-refractivity contribution >= 4 is 13.9 Å². The van der Waals surface area contributed by atoms with Gasteiger partial charge in [-0.2, -0.15) is 13.2 Å². The fourth-order valence-electron chi connectivity index (χ4n) is 3.80. The smallest absolute Gasteiger partial charge is 0.265 e. The Bertz CT molecular complexity index is 516. The predicted molar refractivity (Wildman–Crippen MR) is 119 cm³/mol. The molecular weight excluding hydrogens is 411 g/mol. The summed E-state index contributed by atoms with van der Waals surface area (Å²) in [5, 5.41) is 0.256. The quantitative estimate of drug-likeness (QED) is 0.0905. The van der Waals surface area contributed by atoms with Crippen molar-refractivity contribution in [1.29, 1.82) is 0 Å². The summed E-state index contributed by atoms with van der Waals surface area (Å²) in [7, 11) is -4.24. The van der Waals surface area contributed by atoms with Crippen LogP contribution in [0.3, 0.4) is 0 Å². The summed E-state index contributed by atoms with van der Waals surface area (Å²) < 4.78 is 64.4. The molecule has 0 fully saturated rings. The van der Waals surface area contributed by atoms with Gasteiger partial charge < -0.3 is 0 Å². The monoisotopic (exact) mass is 450 g/mol. The highest BCUT2D eigenvalue weighted by molar-refractivity contribution is 6.79. The molecule has 1 aromatic rings. The van der Waals surface area contributed by atoms with E-state index in [4.69, 9.17) is 0 Å². The van der Waals surface area contributed by atoms with E-state index in [0.29, 0.717) is 12.8 Å². The van der Waals surface area contributed by atoms with Gasteiger partial charge in [0.2, 0.25) is 0 Å². The van der Waals surface area contributed by atoms with E-state index in [0.717, 1.165) is 38.5 Å². The van der Waals surface area contributed by atoms with E-state index in [1.165, 1.54) is 38.5 Å². The van der Waals surface area contributed by atoms with Crippen LogP contribution < -0.4 is 5.19 Å². The van der Waals surface area contributed by atoms with Gasteiger partial charge in [-0.3, -0.25) is 8.22 Å². The number of hydrogen-bond donors (Lipinski definition) is 0. The number of hydrogen-bond acceptors (Lipinski definition) is 0. The summed E-state index contributed by atoms with van der Waals surface area (Å²) in [4.78, 5) is 0. The molecule has 174 valence electrons. The van der Waals surface area contributed by atoms with Gasteiger partial charge >= 0.3 is 14.9 Å². The first-order valence-electron chi connectivity index (χ1n) is 11.8. The lowest BCUT2D eigenvalue weighted by Gasteiger charge is -2.12. The number of alkyl halides is 3. The lowest BCUT2D eigenvalue weighted by molar-refractivity contribution is -0.135. The van der Waals surface area contributed by atoms with Gasteiger partial charge in [0.05, 0.1) is 0 Å². The SMILES string of the molecule is FC(F)(F)CCCCCCCCCCCCCCCCC[Si](F)(F)c1ccccc1. The van der Waals surface area contributed by atoms with Gasteiger partial charge in [-0.05, 0) is 6.42 Å². The van der Waals surface area contributed by atoms with Gasteiger partial charge in [-0.1, -0.05) is 120 Å². The minimum atomic E-state index is -4.24. The fraction of sp³-hybridized carbons (Fsp3) is 0.750. The highest BCUT2D eigenvalue weighted by Gasteiger charge is 2.36. The van der Waals surface area contributed by atoms with Crippen LogP contribution in [0.25, 0.3) is 0 Å². The van der Waals surface area contributed by atoms with Gasteiger partial charge in [-0.15, -0.1) is 0 Å². The molecule has 0 atom stereocenters. The highest BCUT2D eigenvalue weighted by atomic mass is 28.4. The van der Waals surface area contributed by atoms with E-state index in [2.05, 4.69) is 0 Å². The summed E-state index contributed by atoms with van der Waals surface area (Å²) in [6.07, 6.45) is 10.3. The van der Waals surface area contributed by atoms with E-state index < -0.39 is 21.3 Å². The minimum absolute atomic E-state index is 0.0688. The molecule has 0 aliphatic rings. The lowest BCUT2D eigenvalue weighted by Crippen LogP contribution is -2.38. The summed E-state index contributed by atoms with van der Waals surface area (Å²) in [6, 6.07) is 8.36. The average Bonchev–Trinajstić information content (AvgIpc) is 2.70. The van der Waals surface area contributed by atoms with Gasteiger partial charge in [0.15, 0.2) is 0 Å². The summed E-state index contributed by atoms with van der Waals surface area (Å²) in [5.74, 6) is 0. The zero-order chi connectivity index (χ0) is 22.1. The maximum atomic E-state index is 14.2. The zero-order valence-electron chi connectivity index (χ0n) is 18.3. The third-order valence-electron chi connectivity index (χ3n) is 5.65. The number of rotatable bonds is 18. The molecule has 0 heterocycles. The Kier molecular flexibility index (Phi) is 14.3. The molecule has 0 amide bonds. The van der Waals surface area contributed by atoms with Gasteiger partial charge in [0.1, 0.15) is 0 Å². The molecule has 0 unspecified atom stereocenters. The van der Waals surface area contributed by atoms with Crippen LogP contribution in [0.5, 0.6) is 0 Å². The molecule has 0 radical (unpaired) electrons. The highest BCUT2D eigenvalue weighted by Crippen LogP contribution is 2.23. The van der Waals surface area contributed by atoms with Crippen molar-refractivity contribution < 1.29 is 21.4 Å². The van der Waals surface area contributed by atoms with Crippen molar-refractivity contribution in [1.82, 2.24) is 0 Å². The molecular formula is C24H39F5Si. The molecule has 0 spiro atoms. The molecule has 0 bridgehead atoms. The largest absolute Gasteiger partial charge is 0.455 e. The standard InChI is InChI=1S/C24H39F5Si/c25-24(26,27)21-17-12-10-8-6-4-2-1-3-5-7-9-11-13-18-22-30(28,29)23-19-15-14-16-20-23/h14-16,19-20H,1-13,17-18,21-22H2. The zero-order valence-corrected chi connectivity index (χ0v) is 19.3. The number of halogens is 5. The van der Waals surface area contributed by atoms with Crippen LogP contribution in [-0.4, -0.2) is 14.9 Å². The summed E-state index contributed by atoms with van der Waals surface area (Å²) in [6.45, 7) is 0. The van der Waals surface area contributed by atoms with E-state index >= 15 is 0 Å². The van der Waals surface area contributed by atoms with Crippen LogP contribution in [0.15, 0.2) is 30.3 Å². The Morgan fingerprint density at radius 2 is 0.900 bits per heavy atom. The Morgan fingerprint density at radius 1 is 0.533 bits per heavy atom. The third-order valence-corrected chi connectivity index (χ3v) is 7.81. The average molecular weight is 451 g/mol. The summed E-state index contributed by atoms with van der Waals surface area (Å²) in [5.41, 5.74) is 0. The Balaban J connectivity index is 1.81. The van der Waals surface area contributed by atoms with Crippen LogP contribution >= 0.6 is 0 Å². The van der Waals surface area contributed by atoms with Crippen LogP contribution in [-0.2, 0) is 0 Å². The van der Waals surface area contributed by atoms with Crippen molar-refractivity contribution in [2.75, 3.05) is 0 Å². The Morgan fingerprint density at radius 3 is 1.30 bits per heavy atom. The van der Waals surface area contributed by atoms with E-state index in [1.54, 1.807) is 30.3 Å². The van der Waals surface area contributed by atoms with E-state index in [-0.39, 0.29) is 17.7 Å². The van der Waals surface area contributed by atoms with Crippen molar-refractivity contribution in [2.24, 2.45) is 0 Å². The van der Waals surface area contributed by atoms with Gasteiger partial charge in [-0.25, -0.2) is 0 Å². The van der Waals surface area contributed by atoms with E-state index in [9.17, 15) is 21.4 Å². The topological polar surface area (TPSA) is 0 Å². The van der Waals surface area contributed by atoms with Gasteiger partial charge in [0, 0.05) is 17.7 Å². The minimum Gasteiger partial charge on any atom is -0.265 e. The van der Waals surface area contributed by atoms with Crippen molar-refractivity contribution in [3.05, 3.63) is 30.3 Å². The Labute approximate surface area is 181 Å². The maximum Gasteiger partial charge on any atom is 0.455 e. The molecule has 0 saturated carbocycles. The van der Waals surface area contributed by atoms with Gasteiger partial charge in [0.25, 0.3) is 0 Å². The Hall–Kier alpha value is -0.913. The molecule has 1 aromatic carbocycles. The number of unbranched alkanes of at least 4 members (excludes halogenated alkanes) is 14. The molecule has 30 heavy (non-hydrogen) atoms. The molecule has 0 aliphatic carbocycles. The van der Waals surface area contributed by atoms with E-state index in [1.807, 2.05) is 0 Å². The van der Waals surface area contributed by atoms with Crippen molar-refractivity contribution in [3.8, 4) is 0 Å². The second kappa shape index (κ2) is 15.8. The van der Waals surface area contributed by atoms with Crippen LogP contribution in [0, 0.1) is 0 Å². The van der Waals surface area contributed by atoms with Crippen LogP contribution in [0.1, 0.15) is 103 Å². The molecule has 1 rings (SSSR count). The van der Waals surface area contributed by atoms with Crippen molar-refractivity contribution in [2.45, 2.75) is 115 Å². The molecule has 0 saturated heterocycles. The molecule has 6 heteroatoms. The van der Waals surface area contributed by atoms with Crippen LogP contribution in [0.2, 0.25) is 6.04 Å². The summed E-state index contributed by atoms with van der Waals surface area (Å²) >= 11 is 0. The molecule has 0 aromatic heterocycles. The normalized spacial score (nSPS) is 12.4.